The number of hydrogen-bond donors (Lipinski definition) is 1. The Bertz CT molecular complexity index is 1790. The topological polar surface area (TPSA) is 134 Å². The molecule has 0 saturated heterocycles. The lowest BCUT2D eigenvalue weighted by molar-refractivity contribution is 0.0976. The minimum atomic E-state index is -0.433. The molecule has 0 saturated carbocycles. The first-order valence-corrected chi connectivity index (χ1v) is 11.7. The van der Waals surface area contributed by atoms with Gasteiger partial charge in [0.25, 0.3) is 0 Å². The Morgan fingerprint density at radius 3 is 2.50 bits per heavy atom. The summed E-state index contributed by atoms with van der Waals surface area (Å²) in [4.78, 5) is 37.2. The Kier molecular flexibility index (Phi) is 5.68. The van der Waals surface area contributed by atoms with Gasteiger partial charge in [0, 0.05) is 34.2 Å². The lowest BCUT2D eigenvalue weighted by Crippen LogP contribution is -2.21. The van der Waals surface area contributed by atoms with E-state index in [2.05, 4.69) is 10.3 Å². The minimum absolute atomic E-state index is 0.0182. The number of nitrogens with zero attached hydrogens (tertiary/aromatic N) is 3. The van der Waals surface area contributed by atoms with Gasteiger partial charge in [-0.2, -0.15) is 0 Å². The first kappa shape index (κ1) is 23.2. The van der Waals surface area contributed by atoms with Crippen LogP contribution in [0, 0.1) is 0 Å². The average Bonchev–Trinajstić information content (AvgIpc) is 3.38. The predicted octanol–water partition coefficient (Wildman–Crippen LogP) is 3.52. The Balaban J connectivity index is 1.09. The number of ether oxygens (including phenoxy) is 2. The fraction of sp³-hybridized carbons (Fsp3) is 0.107. The number of fused-ring (bicyclic) bond motifs is 3. The van der Waals surface area contributed by atoms with Crippen LogP contribution < -0.4 is 15.1 Å². The van der Waals surface area contributed by atoms with Gasteiger partial charge in [-0.3, -0.25) is 9.59 Å². The summed E-state index contributed by atoms with van der Waals surface area (Å²) in [6, 6.07) is 17.7. The van der Waals surface area contributed by atoms with Crippen LogP contribution in [0.3, 0.4) is 0 Å². The Morgan fingerprint density at radius 1 is 0.868 bits per heavy atom. The van der Waals surface area contributed by atoms with Crippen LogP contribution in [0.2, 0.25) is 0 Å². The Morgan fingerprint density at radius 2 is 1.66 bits per heavy atom. The van der Waals surface area contributed by atoms with Crippen LogP contribution in [0.15, 0.2) is 82.1 Å². The molecule has 0 unspecified atom stereocenters. The van der Waals surface area contributed by atoms with Crippen LogP contribution in [-0.4, -0.2) is 38.3 Å². The number of carbonyl (C=O) groups excluding carboxylic acids is 2. The van der Waals surface area contributed by atoms with E-state index in [-0.39, 0.29) is 47.2 Å². The summed E-state index contributed by atoms with van der Waals surface area (Å²) in [7, 11) is 0. The second-order valence-electron chi connectivity index (χ2n) is 8.60. The molecule has 0 atom stereocenters. The number of phenolic OH excluding ortho intramolecular Hbond substituents is 1. The van der Waals surface area contributed by atoms with E-state index in [1.165, 1.54) is 18.2 Å². The van der Waals surface area contributed by atoms with E-state index in [1.807, 2.05) is 0 Å². The highest BCUT2D eigenvalue weighted by Crippen LogP contribution is 2.38. The molecular formula is C28H19N3O7. The molecular weight excluding hydrogens is 490 g/mol. The van der Waals surface area contributed by atoms with Crippen molar-refractivity contribution in [1.82, 2.24) is 15.0 Å². The maximum absolute atomic E-state index is 13.0. The third-order valence-electron chi connectivity index (χ3n) is 6.17. The SMILES string of the molecule is O=C1c2ccccc2C(=O)c2c1ccc(OCc1cn(CCOc3ccc4ccc(=O)oc4c3)nn1)c2O. The van der Waals surface area contributed by atoms with Crippen molar-refractivity contribution in [3.63, 3.8) is 0 Å². The van der Waals surface area contributed by atoms with E-state index in [4.69, 9.17) is 13.9 Å². The first-order chi connectivity index (χ1) is 18.5. The number of benzene rings is 3. The van der Waals surface area contributed by atoms with Crippen molar-refractivity contribution in [3.05, 3.63) is 111 Å². The lowest BCUT2D eigenvalue weighted by Gasteiger charge is -2.19. The lowest BCUT2D eigenvalue weighted by atomic mass is 9.83. The summed E-state index contributed by atoms with van der Waals surface area (Å²) in [5.41, 5.74) is 1.12. The first-order valence-electron chi connectivity index (χ1n) is 11.7. The number of ketones is 2. The predicted molar refractivity (Wildman–Crippen MR) is 134 cm³/mol. The maximum atomic E-state index is 13.0. The zero-order valence-electron chi connectivity index (χ0n) is 19.8. The number of aromatic nitrogens is 3. The third kappa shape index (κ3) is 4.17. The van der Waals surface area contributed by atoms with Crippen molar-refractivity contribution < 1.29 is 28.6 Å². The molecule has 1 aliphatic rings. The molecule has 2 heterocycles. The van der Waals surface area contributed by atoms with Gasteiger partial charge in [0.1, 0.15) is 30.2 Å². The van der Waals surface area contributed by atoms with Crippen LogP contribution in [0.1, 0.15) is 37.5 Å². The van der Waals surface area contributed by atoms with Crippen LogP contribution in [0.25, 0.3) is 11.0 Å². The number of rotatable bonds is 7. The Labute approximate surface area is 214 Å². The molecule has 1 aliphatic carbocycles. The van der Waals surface area contributed by atoms with Crippen molar-refractivity contribution in [1.29, 1.82) is 0 Å². The summed E-state index contributed by atoms with van der Waals surface area (Å²) >= 11 is 0. The van der Waals surface area contributed by atoms with Gasteiger partial charge in [-0.25, -0.2) is 9.48 Å². The zero-order valence-corrected chi connectivity index (χ0v) is 19.8. The van der Waals surface area contributed by atoms with Gasteiger partial charge in [-0.05, 0) is 30.3 Å². The highest BCUT2D eigenvalue weighted by molar-refractivity contribution is 6.29. The van der Waals surface area contributed by atoms with Crippen LogP contribution in [-0.2, 0) is 13.2 Å². The van der Waals surface area contributed by atoms with Gasteiger partial charge in [-0.15, -0.1) is 5.10 Å². The number of carbonyl (C=O) groups is 2. The minimum Gasteiger partial charge on any atom is -0.504 e. The molecule has 0 amide bonds. The molecule has 10 nitrogen and oxygen atoms in total. The molecule has 5 aromatic rings. The monoisotopic (exact) mass is 509 g/mol. The normalized spacial score (nSPS) is 12.3. The number of phenols is 1. The molecule has 6 rings (SSSR count). The van der Waals surface area contributed by atoms with E-state index < -0.39 is 11.4 Å². The highest BCUT2D eigenvalue weighted by atomic mass is 16.5. The molecule has 0 spiro atoms. The van der Waals surface area contributed by atoms with Gasteiger partial charge >= 0.3 is 5.63 Å². The van der Waals surface area contributed by atoms with Crippen LogP contribution in [0.4, 0.5) is 0 Å². The van der Waals surface area contributed by atoms with Gasteiger partial charge in [0.05, 0.1) is 18.3 Å². The molecule has 2 aromatic heterocycles. The van der Waals surface area contributed by atoms with Crippen molar-refractivity contribution in [3.8, 4) is 17.2 Å². The highest BCUT2D eigenvalue weighted by Gasteiger charge is 2.33. The average molecular weight is 509 g/mol. The number of hydrogen-bond acceptors (Lipinski definition) is 9. The van der Waals surface area contributed by atoms with Crippen molar-refractivity contribution >= 4 is 22.5 Å². The molecule has 0 radical (unpaired) electrons. The van der Waals surface area contributed by atoms with E-state index in [0.29, 0.717) is 29.1 Å². The number of aromatic hydroxyl groups is 1. The summed E-state index contributed by atoms with van der Waals surface area (Å²) < 4.78 is 18.2. The summed E-state index contributed by atoms with van der Waals surface area (Å²) in [5.74, 6) is -0.533. The molecule has 10 heteroatoms. The van der Waals surface area contributed by atoms with Gasteiger partial charge in [0.2, 0.25) is 0 Å². The maximum Gasteiger partial charge on any atom is 0.336 e. The zero-order chi connectivity index (χ0) is 26.2. The van der Waals surface area contributed by atoms with E-state index in [0.717, 1.165) is 5.39 Å². The van der Waals surface area contributed by atoms with E-state index in [1.54, 1.807) is 59.4 Å². The van der Waals surface area contributed by atoms with E-state index >= 15 is 0 Å². The fourth-order valence-corrected chi connectivity index (χ4v) is 4.32. The quantitative estimate of drug-likeness (QED) is 0.321. The molecule has 38 heavy (non-hydrogen) atoms. The van der Waals surface area contributed by atoms with E-state index in [9.17, 15) is 19.5 Å². The fourth-order valence-electron chi connectivity index (χ4n) is 4.32. The van der Waals surface area contributed by atoms with Crippen molar-refractivity contribution in [2.75, 3.05) is 6.61 Å². The second kappa shape index (κ2) is 9.32. The summed E-state index contributed by atoms with van der Waals surface area (Å²) in [6.07, 6.45) is 1.67. The van der Waals surface area contributed by atoms with Gasteiger partial charge in [-0.1, -0.05) is 29.5 Å². The third-order valence-corrected chi connectivity index (χ3v) is 6.17. The van der Waals surface area contributed by atoms with Gasteiger partial charge in [0.15, 0.2) is 23.1 Å². The van der Waals surface area contributed by atoms with Crippen molar-refractivity contribution in [2.45, 2.75) is 13.2 Å². The Hall–Kier alpha value is -5.25. The standard InChI is InChI=1S/C28H19N3O7/c32-24-10-6-16-5-7-18(13-23(16)38-24)36-12-11-31-14-17(29-30-31)15-37-22-9-8-21-25(28(22)35)27(34)20-4-2-1-3-19(20)26(21)33/h1-10,13-14,35H,11-12,15H2. The summed E-state index contributed by atoms with van der Waals surface area (Å²) in [5, 5.41) is 19.7. The molecule has 0 bridgehead atoms. The molecule has 1 N–H and O–H groups in total. The second-order valence-corrected chi connectivity index (χ2v) is 8.60. The smallest absolute Gasteiger partial charge is 0.336 e. The molecule has 188 valence electrons. The molecule has 0 fully saturated rings. The van der Waals surface area contributed by atoms with Crippen LogP contribution in [0.5, 0.6) is 17.2 Å². The molecule has 0 aliphatic heterocycles. The van der Waals surface area contributed by atoms with Crippen molar-refractivity contribution in [2.24, 2.45) is 0 Å². The van der Waals surface area contributed by atoms with Crippen LogP contribution >= 0.6 is 0 Å². The largest absolute Gasteiger partial charge is 0.504 e. The summed E-state index contributed by atoms with van der Waals surface area (Å²) in [6.45, 7) is 0.662. The van der Waals surface area contributed by atoms with Gasteiger partial charge < -0.3 is 19.0 Å². The molecule has 3 aromatic carbocycles.